The lowest BCUT2D eigenvalue weighted by Gasteiger charge is -2.15. The van der Waals surface area contributed by atoms with Crippen LogP contribution in [0.5, 0.6) is 0 Å². The summed E-state index contributed by atoms with van der Waals surface area (Å²) < 4.78 is 37.5. The second kappa shape index (κ2) is 5.90. The second-order valence-corrected chi connectivity index (χ2v) is 8.73. The summed E-state index contributed by atoms with van der Waals surface area (Å²) in [6.07, 6.45) is 1.55. The third kappa shape index (κ3) is 2.91. The first-order chi connectivity index (χ1) is 10.4. The summed E-state index contributed by atoms with van der Waals surface area (Å²) in [7, 11) is -1.55. The SMILES string of the molecule is COC[C@@H]1CN(S(=O)(=O)C2CC2)C[C@H]1c1nnc(C(C)C)o1. The Bertz CT molecular complexity index is 624. The normalized spacial score (nSPS) is 26.9. The first-order valence-electron chi connectivity index (χ1n) is 7.74. The Morgan fingerprint density at radius 1 is 1.32 bits per heavy atom. The van der Waals surface area contributed by atoms with Crippen LogP contribution in [0.3, 0.4) is 0 Å². The zero-order valence-electron chi connectivity index (χ0n) is 13.2. The smallest absolute Gasteiger partial charge is 0.221 e. The average Bonchev–Trinajstić information content (AvgIpc) is 3.06. The van der Waals surface area contributed by atoms with E-state index in [0.717, 1.165) is 12.8 Å². The number of nitrogens with zero attached hydrogens (tertiary/aromatic N) is 3. The molecular formula is C14H23N3O4S. The zero-order chi connectivity index (χ0) is 15.9. The maximum atomic E-state index is 12.5. The van der Waals surface area contributed by atoms with Gasteiger partial charge in [0.25, 0.3) is 0 Å². The molecule has 2 fully saturated rings. The van der Waals surface area contributed by atoms with Crippen molar-refractivity contribution in [3.05, 3.63) is 11.8 Å². The summed E-state index contributed by atoms with van der Waals surface area (Å²) in [5.74, 6) is 1.25. The monoisotopic (exact) mass is 329 g/mol. The molecule has 1 aliphatic heterocycles. The van der Waals surface area contributed by atoms with Crippen LogP contribution < -0.4 is 0 Å². The van der Waals surface area contributed by atoms with Crippen molar-refractivity contribution in [2.45, 2.75) is 43.8 Å². The zero-order valence-corrected chi connectivity index (χ0v) is 14.0. The molecule has 1 saturated heterocycles. The fraction of sp³-hybridized carbons (Fsp3) is 0.857. The van der Waals surface area contributed by atoms with Gasteiger partial charge in [0, 0.05) is 32.0 Å². The second-order valence-electron chi connectivity index (χ2n) is 6.52. The van der Waals surface area contributed by atoms with Crippen molar-refractivity contribution in [1.82, 2.24) is 14.5 Å². The van der Waals surface area contributed by atoms with E-state index in [1.54, 1.807) is 11.4 Å². The van der Waals surface area contributed by atoms with Crippen molar-refractivity contribution >= 4 is 10.0 Å². The van der Waals surface area contributed by atoms with Crippen LogP contribution in [-0.4, -0.2) is 55.0 Å². The van der Waals surface area contributed by atoms with E-state index in [2.05, 4.69) is 10.2 Å². The molecule has 1 saturated carbocycles. The highest BCUT2D eigenvalue weighted by atomic mass is 32.2. The Kier molecular flexibility index (Phi) is 4.26. The van der Waals surface area contributed by atoms with E-state index >= 15 is 0 Å². The first kappa shape index (κ1) is 15.9. The highest BCUT2D eigenvalue weighted by molar-refractivity contribution is 7.90. The van der Waals surface area contributed by atoms with E-state index in [1.807, 2.05) is 13.8 Å². The lowest BCUT2D eigenvalue weighted by Crippen LogP contribution is -2.32. The van der Waals surface area contributed by atoms with Crippen LogP contribution in [0.1, 0.15) is 50.3 Å². The summed E-state index contributed by atoms with van der Waals surface area (Å²) in [5, 5.41) is 8.01. The van der Waals surface area contributed by atoms with Crippen molar-refractivity contribution in [2.75, 3.05) is 26.8 Å². The molecule has 124 valence electrons. The first-order valence-corrected chi connectivity index (χ1v) is 9.25. The summed E-state index contributed by atoms with van der Waals surface area (Å²) in [4.78, 5) is 0. The highest BCUT2D eigenvalue weighted by Gasteiger charge is 2.47. The van der Waals surface area contributed by atoms with Crippen molar-refractivity contribution in [3.8, 4) is 0 Å². The van der Waals surface area contributed by atoms with Gasteiger partial charge in [-0.25, -0.2) is 12.7 Å². The third-order valence-corrected chi connectivity index (χ3v) is 6.69. The van der Waals surface area contributed by atoms with Gasteiger partial charge in [-0.2, -0.15) is 0 Å². The molecule has 1 aromatic rings. The number of methoxy groups -OCH3 is 1. The molecule has 3 rings (SSSR count). The van der Waals surface area contributed by atoms with Gasteiger partial charge >= 0.3 is 0 Å². The minimum atomic E-state index is -3.18. The van der Waals surface area contributed by atoms with Gasteiger partial charge in [0.1, 0.15) is 0 Å². The molecule has 2 atom stereocenters. The molecule has 0 amide bonds. The molecule has 0 N–H and O–H groups in total. The maximum absolute atomic E-state index is 12.5. The van der Waals surface area contributed by atoms with Crippen LogP contribution in [0.25, 0.3) is 0 Å². The predicted octanol–water partition coefficient (Wildman–Crippen LogP) is 1.35. The van der Waals surface area contributed by atoms with E-state index in [9.17, 15) is 8.42 Å². The fourth-order valence-electron chi connectivity index (χ4n) is 2.91. The third-order valence-electron chi connectivity index (χ3n) is 4.36. The minimum Gasteiger partial charge on any atom is -0.425 e. The molecule has 0 unspecified atom stereocenters. The van der Waals surface area contributed by atoms with E-state index in [0.29, 0.717) is 31.5 Å². The van der Waals surface area contributed by atoms with E-state index in [1.165, 1.54) is 0 Å². The number of hydrogen-bond donors (Lipinski definition) is 0. The molecule has 2 heterocycles. The average molecular weight is 329 g/mol. The fourth-order valence-corrected chi connectivity index (χ4v) is 4.83. The van der Waals surface area contributed by atoms with E-state index in [-0.39, 0.29) is 23.0 Å². The number of ether oxygens (including phenoxy) is 1. The van der Waals surface area contributed by atoms with Crippen LogP contribution in [-0.2, 0) is 14.8 Å². The molecule has 7 nitrogen and oxygen atoms in total. The van der Waals surface area contributed by atoms with Gasteiger partial charge in [-0.05, 0) is 12.8 Å². The van der Waals surface area contributed by atoms with Crippen LogP contribution in [0.4, 0.5) is 0 Å². The van der Waals surface area contributed by atoms with Crippen LogP contribution >= 0.6 is 0 Å². The van der Waals surface area contributed by atoms with Crippen molar-refractivity contribution in [2.24, 2.45) is 5.92 Å². The molecule has 1 aliphatic carbocycles. The van der Waals surface area contributed by atoms with Gasteiger partial charge in [0.15, 0.2) is 0 Å². The van der Waals surface area contributed by atoms with Gasteiger partial charge in [-0.1, -0.05) is 13.8 Å². The summed E-state index contributed by atoms with van der Waals surface area (Å²) >= 11 is 0. The van der Waals surface area contributed by atoms with Gasteiger partial charge < -0.3 is 9.15 Å². The number of rotatable bonds is 6. The standard InChI is InChI=1S/C14H23N3O4S/c1-9(2)13-15-16-14(21-13)12-7-17(6-10(12)8-20-3)22(18,19)11-4-5-11/h9-12H,4-8H2,1-3H3/t10-,12+/m0/s1. The maximum Gasteiger partial charge on any atom is 0.221 e. The molecule has 2 aliphatic rings. The lowest BCUT2D eigenvalue weighted by atomic mass is 9.97. The molecule has 0 aromatic carbocycles. The summed E-state index contributed by atoms with van der Waals surface area (Å²) in [5.41, 5.74) is 0. The molecular weight excluding hydrogens is 306 g/mol. The Balaban J connectivity index is 1.81. The van der Waals surface area contributed by atoms with Gasteiger partial charge in [0.2, 0.25) is 21.8 Å². The topological polar surface area (TPSA) is 85.5 Å². The largest absolute Gasteiger partial charge is 0.425 e. The predicted molar refractivity (Wildman–Crippen MR) is 80.0 cm³/mol. The van der Waals surface area contributed by atoms with Crippen LogP contribution in [0.2, 0.25) is 0 Å². The van der Waals surface area contributed by atoms with Crippen molar-refractivity contribution in [1.29, 1.82) is 0 Å². The van der Waals surface area contributed by atoms with Gasteiger partial charge in [-0.3, -0.25) is 0 Å². The van der Waals surface area contributed by atoms with Gasteiger partial charge in [-0.15, -0.1) is 10.2 Å². The number of hydrogen-bond acceptors (Lipinski definition) is 6. The molecule has 0 spiro atoms. The Morgan fingerprint density at radius 3 is 2.59 bits per heavy atom. The van der Waals surface area contributed by atoms with Crippen molar-refractivity contribution < 1.29 is 17.6 Å². The Labute approximate surface area is 131 Å². The summed E-state index contributed by atoms with van der Waals surface area (Å²) in [6, 6.07) is 0. The molecule has 0 bridgehead atoms. The molecule has 8 heteroatoms. The van der Waals surface area contributed by atoms with E-state index < -0.39 is 10.0 Å². The molecule has 22 heavy (non-hydrogen) atoms. The molecule has 0 radical (unpaired) electrons. The highest BCUT2D eigenvalue weighted by Crippen LogP contribution is 2.39. The lowest BCUT2D eigenvalue weighted by molar-refractivity contribution is 0.146. The summed E-state index contributed by atoms with van der Waals surface area (Å²) in [6.45, 7) is 5.34. The Hall–Kier alpha value is -0.990. The van der Waals surface area contributed by atoms with Crippen LogP contribution in [0, 0.1) is 5.92 Å². The van der Waals surface area contributed by atoms with Crippen LogP contribution in [0.15, 0.2) is 4.42 Å². The van der Waals surface area contributed by atoms with Gasteiger partial charge in [0.05, 0.1) is 17.8 Å². The molecule has 1 aromatic heterocycles. The van der Waals surface area contributed by atoms with E-state index in [4.69, 9.17) is 9.15 Å². The Morgan fingerprint density at radius 2 is 2.05 bits per heavy atom. The van der Waals surface area contributed by atoms with Crippen molar-refractivity contribution in [3.63, 3.8) is 0 Å². The minimum absolute atomic E-state index is 0.0546. The quantitative estimate of drug-likeness (QED) is 0.783. The number of sulfonamides is 1. The number of aromatic nitrogens is 2.